The van der Waals surface area contributed by atoms with Crippen LogP contribution in [0.2, 0.25) is 0 Å². The van der Waals surface area contributed by atoms with Crippen LogP contribution in [0.5, 0.6) is 0 Å². The van der Waals surface area contributed by atoms with Crippen molar-refractivity contribution < 1.29 is 4.79 Å². The lowest BCUT2D eigenvalue weighted by Crippen LogP contribution is -2.46. The minimum atomic E-state index is 0.102. The van der Waals surface area contributed by atoms with E-state index in [1.54, 1.807) is 0 Å². The average molecular weight is 301 g/mol. The molecule has 2 fully saturated rings. The highest BCUT2D eigenvalue weighted by atomic mass is 16.2. The first-order chi connectivity index (χ1) is 10.6. The fourth-order valence-electron chi connectivity index (χ4n) is 3.65. The third kappa shape index (κ3) is 3.68. The first-order valence-electron chi connectivity index (χ1n) is 8.47. The van der Waals surface area contributed by atoms with Crippen molar-refractivity contribution in [2.24, 2.45) is 5.92 Å². The number of nitrogens with zero attached hydrogens (tertiary/aromatic N) is 1. The number of benzene rings is 1. The summed E-state index contributed by atoms with van der Waals surface area (Å²) in [4.78, 5) is 14.6. The lowest BCUT2D eigenvalue weighted by molar-refractivity contribution is -0.117. The predicted octanol–water partition coefficient (Wildman–Crippen LogP) is 2.43. The van der Waals surface area contributed by atoms with E-state index in [1.807, 2.05) is 12.1 Å². The summed E-state index contributed by atoms with van der Waals surface area (Å²) < 4.78 is 0. The Kier molecular flexibility index (Phi) is 4.79. The molecule has 0 aliphatic carbocycles. The Morgan fingerprint density at radius 1 is 1.41 bits per heavy atom. The van der Waals surface area contributed by atoms with Gasteiger partial charge in [-0.15, -0.1) is 0 Å². The largest absolute Gasteiger partial charge is 0.325 e. The molecule has 0 spiro atoms. The molecular formula is C18H27N3O. The predicted molar refractivity (Wildman–Crippen MR) is 90.1 cm³/mol. The maximum atomic E-state index is 12.3. The molecule has 2 saturated heterocycles. The van der Waals surface area contributed by atoms with Crippen molar-refractivity contribution >= 4 is 11.6 Å². The van der Waals surface area contributed by atoms with E-state index in [0.717, 1.165) is 31.2 Å². The van der Waals surface area contributed by atoms with E-state index < -0.39 is 0 Å². The number of amides is 1. The normalized spacial score (nSPS) is 25.2. The zero-order valence-corrected chi connectivity index (χ0v) is 13.6. The number of piperidine rings is 1. The Bertz CT molecular complexity index is 529. The maximum Gasteiger partial charge on any atom is 0.238 e. The molecule has 1 amide bonds. The number of nitrogens with one attached hydrogen (secondary N) is 2. The number of carbonyl (C=O) groups excluding carboxylic acids is 1. The molecule has 2 aliphatic rings. The second kappa shape index (κ2) is 6.80. The van der Waals surface area contributed by atoms with E-state index >= 15 is 0 Å². The molecule has 2 N–H and O–H groups in total. The Morgan fingerprint density at radius 3 is 3.09 bits per heavy atom. The number of hydrogen-bond donors (Lipinski definition) is 2. The number of likely N-dealkylation sites (tertiary alicyclic amines) is 1. The van der Waals surface area contributed by atoms with Crippen molar-refractivity contribution in [2.75, 3.05) is 31.5 Å². The molecule has 3 rings (SSSR count). The van der Waals surface area contributed by atoms with Crippen LogP contribution in [0.15, 0.2) is 24.3 Å². The molecule has 2 aliphatic heterocycles. The molecule has 2 atom stereocenters. The summed E-state index contributed by atoms with van der Waals surface area (Å²) in [6.45, 7) is 8.05. The third-order valence-electron chi connectivity index (χ3n) is 4.94. The van der Waals surface area contributed by atoms with Crippen LogP contribution >= 0.6 is 0 Å². The second-order valence-corrected chi connectivity index (χ2v) is 6.96. The number of hydrogen-bond acceptors (Lipinski definition) is 3. The van der Waals surface area contributed by atoms with E-state index in [2.05, 4.69) is 41.5 Å². The molecule has 4 nitrogen and oxygen atoms in total. The van der Waals surface area contributed by atoms with E-state index in [9.17, 15) is 4.79 Å². The molecule has 2 unspecified atom stereocenters. The van der Waals surface area contributed by atoms with Gasteiger partial charge in [0.15, 0.2) is 0 Å². The molecular weight excluding hydrogens is 274 g/mol. The van der Waals surface area contributed by atoms with Crippen molar-refractivity contribution in [1.29, 1.82) is 0 Å². The van der Waals surface area contributed by atoms with Gasteiger partial charge in [0.05, 0.1) is 6.54 Å². The van der Waals surface area contributed by atoms with Crippen molar-refractivity contribution in [3.63, 3.8) is 0 Å². The second-order valence-electron chi connectivity index (χ2n) is 6.96. The van der Waals surface area contributed by atoms with Gasteiger partial charge in [-0.3, -0.25) is 9.69 Å². The van der Waals surface area contributed by atoms with Gasteiger partial charge in [0.25, 0.3) is 0 Å². The topological polar surface area (TPSA) is 44.4 Å². The molecule has 0 saturated carbocycles. The SMILES string of the molecule is CC(C)c1cccc(NC(=O)CN2CCC3NCCC3C2)c1. The molecule has 120 valence electrons. The van der Waals surface area contributed by atoms with E-state index in [4.69, 9.17) is 0 Å². The highest BCUT2D eigenvalue weighted by molar-refractivity contribution is 5.92. The lowest BCUT2D eigenvalue weighted by Gasteiger charge is -2.34. The van der Waals surface area contributed by atoms with Crippen LogP contribution in [0.4, 0.5) is 5.69 Å². The Hall–Kier alpha value is -1.39. The number of fused-ring (bicyclic) bond motifs is 1. The Balaban J connectivity index is 1.53. The Labute approximate surface area is 133 Å². The molecule has 1 aromatic rings. The van der Waals surface area contributed by atoms with E-state index in [1.165, 1.54) is 18.4 Å². The van der Waals surface area contributed by atoms with Gasteiger partial charge >= 0.3 is 0 Å². The molecule has 4 heteroatoms. The van der Waals surface area contributed by atoms with Gasteiger partial charge in [-0.2, -0.15) is 0 Å². The summed E-state index contributed by atoms with van der Waals surface area (Å²) in [6, 6.07) is 8.85. The van der Waals surface area contributed by atoms with Crippen LogP contribution in [-0.2, 0) is 4.79 Å². The van der Waals surface area contributed by atoms with Gasteiger partial charge in [0, 0.05) is 24.8 Å². The van der Waals surface area contributed by atoms with Crippen LogP contribution in [0, 0.1) is 5.92 Å². The minimum absolute atomic E-state index is 0.102. The fourth-order valence-corrected chi connectivity index (χ4v) is 3.65. The summed E-state index contributed by atoms with van der Waals surface area (Å²) in [7, 11) is 0. The number of rotatable bonds is 4. The first kappa shape index (κ1) is 15.5. The van der Waals surface area contributed by atoms with Crippen LogP contribution in [0.25, 0.3) is 0 Å². The molecule has 0 radical (unpaired) electrons. The highest BCUT2D eigenvalue weighted by Gasteiger charge is 2.32. The molecule has 2 heterocycles. The van der Waals surface area contributed by atoms with Gasteiger partial charge in [0.1, 0.15) is 0 Å². The maximum absolute atomic E-state index is 12.3. The third-order valence-corrected chi connectivity index (χ3v) is 4.94. The number of anilines is 1. The van der Waals surface area contributed by atoms with Crippen molar-refractivity contribution in [3.8, 4) is 0 Å². The van der Waals surface area contributed by atoms with Crippen molar-refractivity contribution in [1.82, 2.24) is 10.2 Å². The van der Waals surface area contributed by atoms with Crippen LogP contribution in [-0.4, -0.2) is 43.0 Å². The van der Waals surface area contributed by atoms with Gasteiger partial charge in [-0.25, -0.2) is 0 Å². The number of carbonyl (C=O) groups is 1. The van der Waals surface area contributed by atoms with Gasteiger partial charge < -0.3 is 10.6 Å². The quantitative estimate of drug-likeness (QED) is 0.898. The minimum Gasteiger partial charge on any atom is -0.325 e. The molecule has 0 aromatic heterocycles. The van der Waals surface area contributed by atoms with Crippen LogP contribution in [0.3, 0.4) is 0 Å². The molecule has 22 heavy (non-hydrogen) atoms. The van der Waals surface area contributed by atoms with Crippen molar-refractivity contribution in [3.05, 3.63) is 29.8 Å². The smallest absolute Gasteiger partial charge is 0.238 e. The molecule has 0 bridgehead atoms. The van der Waals surface area contributed by atoms with Crippen molar-refractivity contribution in [2.45, 2.75) is 38.6 Å². The highest BCUT2D eigenvalue weighted by Crippen LogP contribution is 2.24. The Morgan fingerprint density at radius 2 is 2.27 bits per heavy atom. The average Bonchev–Trinajstić information content (AvgIpc) is 2.95. The zero-order valence-electron chi connectivity index (χ0n) is 13.6. The van der Waals surface area contributed by atoms with Gasteiger partial charge in [-0.05, 0) is 48.9 Å². The summed E-state index contributed by atoms with van der Waals surface area (Å²) in [5, 5.41) is 6.61. The summed E-state index contributed by atoms with van der Waals surface area (Å²) in [6.07, 6.45) is 2.42. The van der Waals surface area contributed by atoms with Crippen LogP contribution in [0.1, 0.15) is 38.2 Å². The van der Waals surface area contributed by atoms with E-state index in [-0.39, 0.29) is 5.91 Å². The van der Waals surface area contributed by atoms with Gasteiger partial charge in [-0.1, -0.05) is 26.0 Å². The standard InChI is InChI=1S/C18H27N3O/c1-13(2)14-4-3-5-16(10-14)20-18(22)12-21-9-7-17-15(11-21)6-8-19-17/h3-5,10,13,15,17,19H,6-9,11-12H2,1-2H3,(H,20,22). The van der Waals surface area contributed by atoms with E-state index in [0.29, 0.717) is 18.5 Å². The summed E-state index contributed by atoms with van der Waals surface area (Å²) in [5.74, 6) is 1.31. The monoisotopic (exact) mass is 301 g/mol. The first-order valence-corrected chi connectivity index (χ1v) is 8.47. The fraction of sp³-hybridized carbons (Fsp3) is 0.611. The summed E-state index contributed by atoms with van der Waals surface area (Å²) >= 11 is 0. The van der Waals surface area contributed by atoms with Gasteiger partial charge in [0.2, 0.25) is 5.91 Å². The lowest BCUT2D eigenvalue weighted by atomic mass is 9.93. The zero-order chi connectivity index (χ0) is 15.5. The summed E-state index contributed by atoms with van der Waals surface area (Å²) in [5.41, 5.74) is 2.17. The molecule has 1 aromatic carbocycles. The van der Waals surface area contributed by atoms with Crippen LogP contribution < -0.4 is 10.6 Å².